The van der Waals surface area contributed by atoms with Crippen molar-refractivity contribution in [1.29, 1.82) is 0 Å². The molecule has 1 fully saturated rings. The highest BCUT2D eigenvalue weighted by Crippen LogP contribution is 2.31. The molecule has 0 bridgehead atoms. The Morgan fingerprint density at radius 2 is 1.65 bits per heavy atom. The van der Waals surface area contributed by atoms with Gasteiger partial charge in [0.2, 0.25) is 0 Å². The first-order chi connectivity index (χ1) is 8.27. The first-order valence-corrected chi connectivity index (χ1v) is 6.91. The largest absolute Gasteiger partial charge is 0.380 e. The van der Waals surface area contributed by atoms with Crippen LogP contribution in [0.2, 0.25) is 0 Å². The van der Waals surface area contributed by atoms with E-state index in [1.54, 1.807) is 0 Å². The van der Waals surface area contributed by atoms with Gasteiger partial charge in [0.15, 0.2) is 0 Å². The SMILES string of the molecule is CCOCCN(CCOCC)CC(N)C1CC1. The predicted molar refractivity (Wildman–Crippen MR) is 70.1 cm³/mol. The smallest absolute Gasteiger partial charge is 0.0593 e. The quantitative estimate of drug-likeness (QED) is 0.553. The van der Waals surface area contributed by atoms with E-state index in [-0.39, 0.29) is 0 Å². The normalized spacial score (nSPS) is 17.6. The number of nitrogens with zero attached hydrogens (tertiary/aromatic N) is 1. The van der Waals surface area contributed by atoms with Crippen LogP contribution < -0.4 is 5.73 Å². The third-order valence-electron chi connectivity index (χ3n) is 3.21. The van der Waals surface area contributed by atoms with E-state index in [0.29, 0.717) is 6.04 Å². The zero-order valence-electron chi connectivity index (χ0n) is 11.4. The standard InChI is InChI=1S/C13H28N2O2/c1-3-16-9-7-15(8-10-17-4-2)11-13(14)12-5-6-12/h12-13H,3-11,14H2,1-2H3. The van der Waals surface area contributed by atoms with E-state index in [2.05, 4.69) is 4.90 Å². The molecule has 0 heterocycles. The van der Waals surface area contributed by atoms with Crippen LogP contribution in [0.4, 0.5) is 0 Å². The van der Waals surface area contributed by atoms with Crippen LogP contribution in [0, 0.1) is 5.92 Å². The summed E-state index contributed by atoms with van der Waals surface area (Å²) in [5.74, 6) is 0.761. The van der Waals surface area contributed by atoms with Crippen LogP contribution in [0.3, 0.4) is 0 Å². The van der Waals surface area contributed by atoms with Crippen molar-refractivity contribution in [3.05, 3.63) is 0 Å². The van der Waals surface area contributed by atoms with Crippen LogP contribution in [0.25, 0.3) is 0 Å². The van der Waals surface area contributed by atoms with Gasteiger partial charge in [0, 0.05) is 38.9 Å². The second kappa shape index (κ2) is 8.86. The van der Waals surface area contributed by atoms with E-state index in [4.69, 9.17) is 15.2 Å². The van der Waals surface area contributed by atoms with E-state index in [9.17, 15) is 0 Å². The van der Waals surface area contributed by atoms with Crippen molar-refractivity contribution in [2.45, 2.75) is 32.7 Å². The minimum absolute atomic E-state index is 0.332. The van der Waals surface area contributed by atoms with Crippen molar-refractivity contribution < 1.29 is 9.47 Å². The van der Waals surface area contributed by atoms with Crippen LogP contribution in [0.15, 0.2) is 0 Å². The second-order valence-corrected chi connectivity index (χ2v) is 4.70. The van der Waals surface area contributed by atoms with Gasteiger partial charge < -0.3 is 15.2 Å². The van der Waals surface area contributed by atoms with Crippen LogP contribution in [-0.4, -0.2) is 57.0 Å². The highest BCUT2D eigenvalue weighted by molar-refractivity contribution is 4.86. The summed E-state index contributed by atoms with van der Waals surface area (Å²) in [7, 11) is 0. The van der Waals surface area contributed by atoms with Gasteiger partial charge in [-0.1, -0.05) is 0 Å². The summed E-state index contributed by atoms with van der Waals surface area (Å²) in [4.78, 5) is 2.37. The van der Waals surface area contributed by atoms with Crippen LogP contribution in [-0.2, 0) is 9.47 Å². The highest BCUT2D eigenvalue weighted by atomic mass is 16.5. The maximum absolute atomic E-state index is 6.17. The van der Waals surface area contributed by atoms with E-state index < -0.39 is 0 Å². The molecule has 1 aliphatic rings. The van der Waals surface area contributed by atoms with Gasteiger partial charge in [-0.2, -0.15) is 0 Å². The van der Waals surface area contributed by atoms with Crippen molar-refractivity contribution in [3.8, 4) is 0 Å². The second-order valence-electron chi connectivity index (χ2n) is 4.70. The summed E-state index contributed by atoms with van der Waals surface area (Å²) in [5, 5.41) is 0. The lowest BCUT2D eigenvalue weighted by Crippen LogP contribution is -2.42. The van der Waals surface area contributed by atoms with Gasteiger partial charge in [-0.25, -0.2) is 0 Å². The molecule has 0 radical (unpaired) electrons. The van der Waals surface area contributed by atoms with Gasteiger partial charge >= 0.3 is 0 Å². The summed E-state index contributed by atoms with van der Waals surface area (Å²) in [6.07, 6.45) is 2.62. The lowest BCUT2D eigenvalue weighted by Gasteiger charge is -2.25. The molecule has 0 amide bonds. The Morgan fingerprint density at radius 3 is 2.06 bits per heavy atom. The molecular formula is C13H28N2O2. The van der Waals surface area contributed by atoms with Gasteiger partial charge in [-0.05, 0) is 32.6 Å². The fourth-order valence-electron chi connectivity index (χ4n) is 1.94. The third-order valence-corrected chi connectivity index (χ3v) is 3.21. The lowest BCUT2D eigenvalue weighted by atomic mass is 10.2. The van der Waals surface area contributed by atoms with Crippen molar-refractivity contribution in [2.24, 2.45) is 11.7 Å². The fourth-order valence-corrected chi connectivity index (χ4v) is 1.94. The molecule has 4 nitrogen and oxygen atoms in total. The van der Waals surface area contributed by atoms with Gasteiger partial charge in [-0.3, -0.25) is 4.90 Å². The zero-order valence-corrected chi connectivity index (χ0v) is 11.4. The van der Waals surface area contributed by atoms with Crippen molar-refractivity contribution in [3.63, 3.8) is 0 Å². The summed E-state index contributed by atoms with van der Waals surface area (Å²) >= 11 is 0. The molecule has 0 aliphatic heterocycles. The summed E-state index contributed by atoms with van der Waals surface area (Å²) < 4.78 is 10.8. The molecule has 2 N–H and O–H groups in total. The molecule has 1 atom stereocenters. The predicted octanol–water partition coefficient (Wildman–Crippen LogP) is 1.10. The van der Waals surface area contributed by atoms with Crippen LogP contribution in [0.5, 0.6) is 0 Å². The monoisotopic (exact) mass is 244 g/mol. The number of rotatable bonds is 11. The van der Waals surface area contributed by atoms with Gasteiger partial charge in [0.1, 0.15) is 0 Å². The molecule has 1 aliphatic carbocycles. The van der Waals surface area contributed by atoms with Gasteiger partial charge in [-0.15, -0.1) is 0 Å². The average Bonchev–Trinajstić information content (AvgIpc) is 3.13. The Kier molecular flexibility index (Phi) is 7.77. The molecule has 4 heteroatoms. The first-order valence-electron chi connectivity index (χ1n) is 6.91. The first kappa shape index (κ1) is 14.9. The number of hydrogen-bond acceptors (Lipinski definition) is 4. The molecular weight excluding hydrogens is 216 g/mol. The van der Waals surface area contributed by atoms with E-state index in [1.165, 1.54) is 12.8 Å². The molecule has 1 rings (SSSR count). The van der Waals surface area contributed by atoms with Crippen molar-refractivity contribution in [1.82, 2.24) is 4.90 Å². The van der Waals surface area contributed by atoms with Gasteiger partial charge in [0.25, 0.3) is 0 Å². The molecule has 1 saturated carbocycles. The molecule has 0 aromatic heterocycles. The Morgan fingerprint density at radius 1 is 1.12 bits per heavy atom. The number of ether oxygens (including phenoxy) is 2. The number of nitrogens with two attached hydrogens (primary N) is 1. The summed E-state index contributed by atoms with van der Waals surface area (Å²) in [6.45, 7) is 10.1. The zero-order chi connectivity index (χ0) is 12.5. The Labute approximate surface area is 105 Å². The average molecular weight is 244 g/mol. The maximum Gasteiger partial charge on any atom is 0.0593 e. The van der Waals surface area contributed by atoms with E-state index in [1.807, 2.05) is 13.8 Å². The molecule has 0 saturated heterocycles. The minimum Gasteiger partial charge on any atom is -0.380 e. The Bertz CT molecular complexity index is 176. The minimum atomic E-state index is 0.332. The van der Waals surface area contributed by atoms with E-state index in [0.717, 1.165) is 52.0 Å². The van der Waals surface area contributed by atoms with Crippen molar-refractivity contribution in [2.75, 3.05) is 46.1 Å². The topological polar surface area (TPSA) is 47.7 Å². The molecule has 0 aromatic carbocycles. The number of hydrogen-bond donors (Lipinski definition) is 1. The van der Waals surface area contributed by atoms with Crippen molar-refractivity contribution >= 4 is 0 Å². The van der Waals surface area contributed by atoms with Crippen LogP contribution >= 0.6 is 0 Å². The molecule has 17 heavy (non-hydrogen) atoms. The van der Waals surface area contributed by atoms with E-state index >= 15 is 0 Å². The summed E-state index contributed by atoms with van der Waals surface area (Å²) in [5.41, 5.74) is 6.17. The highest BCUT2D eigenvalue weighted by Gasteiger charge is 2.29. The molecule has 102 valence electrons. The van der Waals surface area contributed by atoms with Gasteiger partial charge in [0.05, 0.1) is 13.2 Å². The molecule has 0 aromatic rings. The summed E-state index contributed by atoms with van der Waals surface area (Å²) in [6, 6.07) is 0.332. The Hall–Kier alpha value is -0.160. The lowest BCUT2D eigenvalue weighted by molar-refractivity contribution is 0.0793. The fraction of sp³-hybridized carbons (Fsp3) is 1.00. The molecule has 0 spiro atoms. The molecule has 1 unspecified atom stereocenters. The third kappa shape index (κ3) is 6.99. The van der Waals surface area contributed by atoms with Crippen LogP contribution in [0.1, 0.15) is 26.7 Å². The Balaban J connectivity index is 2.18. The maximum atomic E-state index is 6.17.